The van der Waals surface area contributed by atoms with Crippen LogP contribution < -0.4 is 5.73 Å². The van der Waals surface area contributed by atoms with Gasteiger partial charge in [-0.15, -0.1) is 0 Å². The Morgan fingerprint density at radius 3 is 2.38 bits per heavy atom. The van der Waals surface area contributed by atoms with Crippen LogP contribution in [0.1, 0.15) is 0 Å². The lowest BCUT2D eigenvalue weighted by atomic mass is 10.4. The number of hydrogen-bond donors (Lipinski definition) is 3. The summed E-state index contributed by atoms with van der Waals surface area (Å²) >= 11 is -1.93. The van der Waals surface area contributed by atoms with Crippen LogP contribution in [0.25, 0.3) is 0 Å². The molecule has 5 heteroatoms. The molecule has 4 N–H and O–H groups in total. The zero-order valence-corrected chi connectivity index (χ0v) is 5.10. The van der Waals surface area contributed by atoms with Gasteiger partial charge >= 0.3 is 0 Å². The van der Waals surface area contributed by atoms with Crippen molar-refractivity contribution in [2.24, 2.45) is 5.73 Å². The smallest absolute Gasteiger partial charge is 0.155 e. The summed E-state index contributed by atoms with van der Waals surface area (Å²) in [5.41, 5.74) is 4.92. The normalized spacial score (nSPS) is 17.9. The minimum absolute atomic E-state index is 0.0340. The predicted molar refractivity (Wildman–Crippen MR) is 30.7 cm³/mol. The Hall–Kier alpha value is 0.0300. The van der Waals surface area contributed by atoms with Crippen molar-refractivity contribution in [3.8, 4) is 0 Å². The molecular formula is C3H9NO3S. The quantitative estimate of drug-likeness (QED) is 0.417. The molecule has 0 saturated heterocycles. The second kappa shape index (κ2) is 3.96. The maximum Gasteiger partial charge on any atom is 0.155 e. The topological polar surface area (TPSA) is 83.5 Å². The van der Waals surface area contributed by atoms with Gasteiger partial charge in [0.1, 0.15) is 0 Å². The van der Waals surface area contributed by atoms with Crippen LogP contribution in [0.15, 0.2) is 0 Å². The fourth-order valence-electron chi connectivity index (χ4n) is 0.233. The summed E-state index contributed by atoms with van der Waals surface area (Å²) in [4.78, 5) is 0. The largest absolute Gasteiger partial charge is 0.391 e. The molecule has 8 heavy (non-hydrogen) atoms. The molecule has 50 valence electrons. The highest BCUT2D eigenvalue weighted by atomic mass is 32.2. The summed E-state index contributed by atoms with van der Waals surface area (Å²) in [6, 6.07) is 0. The summed E-state index contributed by atoms with van der Waals surface area (Å²) in [5, 5.41) is 8.55. The van der Waals surface area contributed by atoms with Crippen molar-refractivity contribution in [2.45, 2.75) is 6.10 Å². The average molecular weight is 139 g/mol. The van der Waals surface area contributed by atoms with Gasteiger partial charge in [-0.2, -0.15) is 0 Å². The first-order valence-corrected chi connectivity index (χ1v) is 3.40. The maximum atomic E-state index is 9.86. The molecule has 2 atom stereocenters. The molecule has 4 nitrogen and oxygen atoms in total. The number of aliphatic hydroxyl groups excluding tert-OH is 1. The second-order valence-electron chi connectivity index (χ2n) is 1.38. The highest BCUT2D eigenvalue weighted by Gasteiger charge is 2.02. The molecule has 0 spiro atoms. The van der Waals surface area contributed by atoms with Gasteiger partial charge in [-0.05, 0) is 0 Å². The van der Waals surface area contributed by atoms with Gasteiger partial charge in [0.25, 0.3) is 0 Å². The highest BCUT2D eigenvalue weighted by molar-refractivity contribution is 7.79. The van der Waals surface area contributed by atoms with Crippen LogP contribution in [0.2, 0.25) is 0 Å². The SMILES string of the molecule is NC[C@H](O)CS(=O)O. The van der Waals surface area contributed by atoms with Gasteiger partial charge in [-0.25, -0.2) is 4.21 Å². The number of nitrogens with two attached hydrogens (primary N) is 1. The molecule has 0 rings (SSSR count). The van der Waals surface area contributed by atoms with Crippen LogP contribution in [0.3, 0.4) is 0 Å². The van der Waals surface area contributed by atoms with E-state index in [4.69, 9.17) is 15.4 Å². The minimum atomic E-state index is -1.93. The summed E-state index contributed by atoms with van der Waals surface area (Å²) in [6.45, 7) is 0.0340. The molecule has 0 aromatic rings. The van der Waals surface area contributed by atoms with E-state index in [1.165, 1.54) is 0 Å². The summed E-state index contributed by atoms with van der Waals surface area (Å²) in [7, 11) is 0. The fraction of sp³-hybridized carbons (Fsp3) is 1.00. The molecule has 0 aromatic heterocycles. The van der Waals surface area contributed by atoms with Gasteiger partial charge in [0.05, 0.1) is 11.9 Å². The second-order valence-corrected chi connectivity index (χ2v) is 2.35. The van der Waals surface area contributed by atoms with Crippen molar-refractivity contribution in [1.82, 2.24) is 0 Å². The Bertz CT molecular complexity index is 86.6. The van der Waals surface area contributed by atoms with Gasteiger partial charge in [0.2, 0.25) is 0 Å². The average Bonchev–Trinajstić information content (AvgIpc) is 1.65. The van der Waals surface area contributed by atoms with Gasteiger partial charge in [0, 0.05) is 6.54 Å². The minimum Gasteiger partial charge on any atom is -0.391 e. The van der Waals surface area contributed by atoms with E-state index in [1.54, 1.807) is 0 Å². The van der Waals surface area contributed by atoms with Crippen molar-refractivity contribution in [2.75, 3.05) is 12.3 Å². The highest BCUT2D eigenvalue weighted by Crippen LogP contribution is 1.80. The Morgan fingerprint density at radius 2 is 2.25 bits per heavy atom. The number of aliphatic hydroxyl groups is 1. The fourth-order valence-corrected chi connectivity index (χ4v) is 0.698. The van der Waals surface area contributed by atoms with Crippen LogP contribution in [0.5, 0.6) is 0 Å². The third kappa shape index (κ3) is 4.20. The first-order chi connectivity index (χ1) is 3.66. The van der Waals surface area contributed by atoms with Gasteiger partial charge in [-0.3, -0.25) is 0 Å². The van der Waals surface area contributed by atoms with E-state index in [2.05, 4.69) is 0 Å². The lowest BCUT2D eigenvalue weighted by Crippen LogP contribution is -2.25. The van der Waals surface area contributed by atoms with Gasteiger partial charge in [0.15, 0.2) is 11.1 Å². The van der Waals surface area contributed by atoms with Crippen molar-refractivity contribution < 1.29 is 13.9 Å². The lowest BCUT2D eigenvalue weighted by Gasteiger charge is -2.00. The molecule has 0 aliphatic heterocycles. The van der Waals surface area contributed by atoms with E-state index in [0.29, 0.717) is 0 Å². The van der Waals surface area contributed by atoms with E-state index >= 15 is 0 Å². The Morgan fingerprint density at radius 1 is 1.75 bits per heavy atom. The third-order valence-corrected chi connectivity index (χ3v) is 1.28. The van der Waals surface area contributed by atoms with Gasteiger partial charge < -0.3 is 15.4 Å². The number of hydrogen-bond acceptors (Lipinski definition) is 3. The van der Waals surface area contributed by atoms with Crippen molar-refractivity contribution in [1.29, 1.82) is 0 Å². The predicted octanol–water partition coefficient (Wildman–Crippen LogP) is -1.47. The molecule has 0 amide bonds. The molecule has 0 heterocycles. The molecule has 0 radical (unpaired) electrons. The molecule has 0 aromatic carbocycles. The molecule has 0 saturated carbocycles. The van der Waals surface area contributed by atoms with Crippen molar-refractivity contribution >= 4 is 11.1 Å². The maximum absolute atomic E-state index is 9.86. The Labute approximate surface area is 50.0 Å². The molecular weight excluding hydrogens is 130 g/mol. The Balaban J connectivity index is 3.24. The van der Waals surface area contributed by atoms with E-state index in [-0.39, 0.29) is 12.3 Å². The van der Waals surface area contributed by atoms with Crippen LogP contribution in [0.4, 0.5) is 0 Å². The first-order valence-electron chi connectivity index (χ1n) is 2.12. The van der Waals surface area contributed by atoms with E-state index in [0.717, 1.165) is 0 Å². The zero-order chi connectivity index (χ0) is 6.57. The monoisotopic (exact) mass is 139 g/mol. The van der Waals surface area contributed by atoms with E-state index in [1.807, 2.05) is 0 Å². The van der Waals surface area contributed by atoms with E-state index < -0.39 is 17.2 Å². The standard InChI is InChI=1S/C3H9NO3S/c4-1-3(5)2-8(6)7/h3,5H,1-2,4H2,(H,6,7)/t3-/m0/s1. The Kier molecular flexibility index (Phi) is 3.98. The van der Waals surface area contributed by atoms with Crippen LogP contribution in [0, 0.1) is 0 Å². The van der Waals surface area contributed by atoms with Gasteiger partial charge in [-0.1, -0.05) is 0 Å². The molecule has 0 aliphatic rings. The lowest BCUT2D eigenvalue weighted by molar-refractivity contribution is 0.205. The third-order valence-electron chi connectivity index (χ3n) is 0.607. The molecule has 0 bridgehead atoms. The summed E-state index contributed by atoms with van der Waals surface area (Å²) < 4.78 is 18.0. The van der Waals surface area contributed by atoms with E-state index in [9.17, 15) is 4.21 Å². The molecule has 1 unspecified atom stereocenters. The number of rotatable bonds is 3. The zero-order valence-electron chi connectivity index (χ0n) is 4.28. The molecule has 0 aliphatic carbocycles. The first kappa shape index (κ1) is 8.03. The summed E-state index contributed by atoms with van der Waals surface area (Å²) in [6.07, 6.45) is -0.846. The molecule has 0 fully saturated rings. The van der Waals surface area contributed by atoms with Crippen LogP contribution in [-0.2, 0) is 11.1 Å². The van der Waals surface area contributed by atoms with Crippen LogP contribution in [-0.4, -0.2) is 32.3 Å². The van der Waals surface area contributed by atoms with Crippen LogP contribution >= 0.6 is 0 Å². The van der Waals surface area contributed by atoms with Crippen molar-refractivity contribution in [3.05, 3.63) is 0 Å². The van der Waals surface area contributed by atoms with Crippen molar-refractivity contribution in [3.63, 3.8) is 0 Å². The summed E-state index contributed by atoms with van der Waals surface area (Å²) in [5.74, 6) is -0.156.